The van der Waals surface area contributed by atoms with Crippen LogP contribution in [0.5, 0.6) is 5.75 Å². The molecular formula is C16H25NO3. The summed E-state index contributed by atoms with van der Waals surface area (Å²) < 4.78 is 5.64. The summed E-state index contributed by atoms with van der Waals surface area (Å²) >= 11 is 0. The van der Waals surface area contributed by atoms with Crippen molar-refractivity contribution in [3.05, 3.63) is 29.8 Å². The maximum absolute atomic E-state index is 10.6. The van der Waals surface area contributed by atoms with Crippen molar-refractivity contribution in [1.29, 1.82) is 0 Å². The van der Waals surface area contributed by atoms with Gasteiger partial charge in [0.15, 0.2) is 0 Å². The van der Waals surface area contributed by atoms with Gasteiger partial charge >= 0.3 is 5.97 Å². The predicted molar refractivity (Wildman–Crippen MR) is 79.9 cm³/mol. The zero-order chi connectivity index (χ0) is 14.8. The monoisotopic (exact) mass is 279 g/mol. The fraction of sp³-hybridized carbons (Fsp3) is 0.562. The zero-order valence-electron chi connectivity index (χ0n) is 12.2. The van der Waals surface area contributed by atoms with Crippen LogP contribution in [0.4, 0.5) is 0 Å². The molecule has 0 spiro atoms. The highest BCUT2D eigenvalue weighted by molar-refractivity contribution is 5.67. The number of carbonyl (C=O) groups is 1. The third kappa shape index (κ3) is 6.57. The number of aliphatic carboxylic acids is 1. The number of hydrogen-bond donors (Lipinski definition) is 2. The van der Waals surface area contributed by atoms with Crippen molar-refractivity contribution in [2.24, 2.45) is 5.73 Å². The molecule has 3 N–H and O–H groups in total. The molecule has 112 valence electrons. The summed E-state index contributed by atoms with van der Waals surface area (Å²) in [5, 5.41) is 8.70. The molecule has 4 nitrogen and oxygen atoms in total. The van der Waals surface area contributed by atoms with Gasteiger partial charge in [-0.1, -0.05) is 44.7 Å². The van der Waals surface area contributed by atoms with Crippen molar-refractivity contribution < 1.29 is 14.6 Å². The highest BCUT2D eigenvalue weighted by Crippen LogP contribution is 2.18. The molecule has 0 saturated carbocycles. The van der Waals surface area contributed by atoms with Gasteiger partial charge < -0.3 is 15.6 Å². The summed E-state index contributed by atoms with van der Waals surface area (Å²) in [7, 11) is 0. The quantitative estimate of drug-likeness (QED) is 0.643. The molecule has 1 aromatic rings. The Kier molecular flexibility index (Phi) is 7.73. The number of carboxylic acid groups (broad SMARTS) is 1. The Balaban J connectivity index is 2.29. The Labute approximate surface area is 120 Å². The molecule has 0 heterocycles. The fourth-order valence-corrected chi connectivity index (χ4v) is 2.01. The van der Waals surface area contributed by atoms with Crippen molar-refractivity contribution in [3.8, 4) is 5.75 Å². The van der Waals surface area contributed by atoms with Crippen LogP contribution in [0.2, 0.25) is 0 Å². The third-order valence-corrected chi connectivity index (χ3v) is 3.22. The molecule has 0 aliphatic carbocycles. The van der Waals surface area contributed by atoms with Gasteiger partial charge in [0.05, 0.1) is 13.0 Å². The molecule has 0 saturated heterocycles. The Morgan fingerprint density at radius 3 is 2.45 bits per heavy atom. The second-order valence-corrected chi connectivity index (χ2v) is 5.04. The van der Waals surface area contributed by atoms with E-state index >= 15 is 0 Å². The lowest BCUT2D eigenvalue weighted by Crippen LogP contribution is -2.14. The van der Waals surface area contributed by atoms with Gasteiger partial charge in [0.1, 0.15) is 5.75 Å². The number of hydrogen-bond acceptors (Lipinski definition) is 3. The standard InChI is InChI=1S/C16H25NO3/c1-2-3-4-5-6-11-20-14-9-7-13(8-10-14)15(17)12-16(18)19/h7-10,15H,2-6,11-12,17H2,1H3,(H,18,19)/t15-/m0/s1. The van der Waals surface area contributed by atoms with Gasteiger partial charge in [-0.2, -0.15) is 0 Å². The van der Waals surface area contributed by atoms with Crippen molar-refractivity contribution in [2.45, 2.75) is 51.5 Å². The van der Waals surface area contributed by atoms with Crippen LogP contribution < -0.4 is 10.5 Å². The maximum Gasteiger partial charge on any atom is 0.305 e. The predicted octanol–water partition coefficient (Wildman–Crippen LogP) is 3.51. The normalized spacial score (nSPS) is 12.1. The molecule has 0 aliphatic rings. The second-order valence-electron chi connectivity index (χ2n) is 5.04. The van der Waals surface area contributed by atoms with E-state index in [1.807, 2.05) is 24.3 Å². The van der Waals surface area contributed by atoms with Crippen LogP contribution in [0.3, 0.4) is 0 Å². The minimum absolute atomic E-state index is 0.0579. The van der Waals surface area contributed by atoms with Crippen molar-refractivity contribution in [1.82, 2.24) is 0 Å². The first kappa shape index (κ1) is 16.5. The smallest absolute Gasteiger partial charge is 0.305 e. The highest BCUT2D eigenvalue weighted by Gasteiger charge is 2.10. The largest absolute Gasteiger partial charge is 0.494 e. The van der Waals surface area contributed by atoms with E-state index in [0.717, 1.165) is 24.3 Å². The lowest BCUT2D eigenvalue weighted by Gasteiger charge is -2.11. The molecule has 0 amide bonds. The molecule has 1 aromatic carbocycles. The van der Waals surface area contributed by atoms with Gasteiger partial charge in [0.25, 0.3) is 0 Å². The lowest BCUT2D eigenvalue weighted by atomic mass is 10.0. The number of nitrogens with two attached hydrogens (primary N) is 1. The molecule has 0 bridgehead atoms. The number of rotatable bonds is 10. The molecule has 1 atom stereocenters. The molecule has 0 fully saturated rings. The minimum Gasteiger partial charge on any atom is -0.494 e. The topological polar surface area (TPSA) is 72.5 Å². The second kappa shape index (κ2) is 9.37. The van der Waals surface area contributed by atoms with E-state index in [2.05, 4.69) is 6.92 Å². The van der Waals surface area contributed by atoms with E-state index in [-0.39, 0.29) is 6.42 Å². The molecule has 0 radical (unpaired) electrons. The molecule has 0 aromatic heterocycles. The summed E-state index contributed by atoms with van der Waals surface area (Å²) in [6, 6.07) is 6.90. The van der Waals surface area contributed by atoms with Gasteiger partial charge in [-0.3, -0.25) is 4.79 Å². The van der Waals surface area contributed by atoms with Crippen LogP contribution in [0.25, 0.3) is 0 Å². The number of benzene rings is 1. The van der Waals surface area contributed by atoms with Crippen LogP contribution in [0.1, 0.15) is 57.1 Å². The zero-order valence-corrected chi connectivity index (χ0v) is 12.2. The number of ether oxygens (including phenoxy) is 1. The SMILES string of the molecule is CCCCCCCOc1ccc([C@@H](N)CC(=O)O)cc1. The Hall–Kier alpha value is -1.55. The summed E-state index contributed by atoms with van der Waals surface area (Å²) in [5.41, 5.74) is 6.61. The molecule has 0 unspecified atom stereocenters. The van der Waals surface area contributed by atoms with Crippen LogP contribution in [0, 0.1) is 0 Å². The minimum atomic E-state index is -0.884. The summed E-state index contributed by atoms with van der Waals surface area (Å²) in [6.45, 7) is 2.93. The first-order valence-electron chi connectivity index (χ1n) is 7.33. The van der Waals surface area contributed by atoms with Crippen molar-refractivity contribution >= 4 is 5.97 Å². The lowest BCUT2D eigenvalue weighted by molar-refractivity contribution is -0.137. The number of carboxylic acids is 1. The molecule has 1 rings (SSSR count). The van der Waals surface area contributed by atoms with E-state index < -0.39 is 12.0 Å². The van der Waals surface area contributed by atoms with Crippen LogP contribution in [-0.4, -0.2) is 17.7 Å². The molecule has 4 heteroatoms. The summed E-state index contributed by atoms with van der Waals surface area (Å²) in [5.74, 6) is -0.0725. The number of unbranched alkanes of at least 4 members (excludes halogenated alkanes) is 4. The van der Waals surface area contributed by atoms with Gasteiger partial charge in [-0.05, 0) is 24.1 Å². The van der Waals surface area contributed by atoms with Gasteiger partial charge in [-0.15, -0.1) is 0 Å². The van der Waals surface area contributed by atoms with Gasteiger partial charge in [-0.25, -0.2) is 0 Å². The van der Waals surface area contributed by atoms with Crippen molar-refractivity contribution in [2.75, 3.05) is 6.61 Å². The third-order valence-electron chi connectivity index (χ3n) is 3.22. The van der Waals surface area contributed by atoms with Crippen LogP contribution >= 0.6 is 0 Å². The molecular weight excluding hydrogens is 254 g/mol. The first-order chi connectivity index (χ1) is 9.63. The average Bonchev–Trinajstić information content (AvgIpc) is 2.42. The Bertz CT molecular complexity index is 389. The van der Waals surface area contributed by atoms with E-state index in [4.69, 9.17) is 15.6 Å². The van der Waals surface area contributed by atoms with Gasteiger partial charge in [0, 0.05) is 6.04 Å². The van der Waals surface area contributed by atoms with Crippen LogP contribution in [-0.2, 0) is 4.79 Å². The van der Waals surface area contributed by atoms with E-state index in [9.17, 15) is 4.79 Å². The van der Waals surface area contributed by atoms with E-state index in [1.54, 1.807) is 0 Å². The fourth-order valence-electron chi connectivity index (χ4n) is 2.01. The molecule has 20 heavy (non-hydrogen) atoms. The first-order valence-corrected chi connectivity index (χ1v) is 7.33. The van der Waals surface area contributed by atoms with E-state index in [1.165, 1.54) is 25.7 Å². The van der Waals surface area contributed by atoms with Crippen molar-refractivity contribution in [3.63, 3.8) is 0 Å². The summed E-state index contributed by atoms with van der Waals surface area (Å²) in [4.78, 5) is 10.6. The average molecular weight is 279 g/mol. The Morgan fingerprint density at radius 1 is 1.20 bits per heavy atom. The highest BCUT2D eigenvalue weighted by atomic mass is 16.5. The Morgan fingerprint density at radius 2 is 1.85 bits per heavy atom. The molecule has 0 aliphatic heterocycles. The van der Waals surface area contributed by atoms with Crippen LogP contribution in [0.15, 0.2) is 24.3 Å². The summed E-state index contributed by atoms with van der Waals surface area (Å²) in [6.07, 6.45) is 6.02. The van der Waals surface area contributed by atoms with Gasteiger partial charge in [0.2, 0.25) is 0 Å². The maximum atomic E-state index is 10.6. The van der Waals surface area contributed by atoms with E-state index in [0.29, 0.717) is 0 Å².